The fraction of sp³-hybridized carbons (Fsp3) is 0.111. The third kappa shape index (κ3) is 3.02. The molecule has 0 spiro atoms. The molecule has 2 aromatic carbocycles. The van der Waals surface area contributed by atoms with Gasteiger partial charge in [-0.1, -0.05) is 29.0 Å². The van der Waals surface area contributed by atoms with E-state index in [0.717, 1.165) is 5.69 Å². The van der Waals surface area contributed by atoms with Crippen LogP contribution in [0.15, 0.2) is 53.3 Å². The fourth-order valence-electron chi connectivity index (χ4n) is 2.46. The van der Waals surface area contributed by atoms with Gasteiger partial charge in [-0.25, -0.2) is 0 Å². The third-order valence-corrected chi connectivity index (χ3v) is 4.67. The average molecular weight is 365 g/mol. The van der Waals surface area contributed by atoms with Crippen molar-refractivity contribution in [2.75, 3.05) is 12.4 Å². The van der Waals surface area contributed by atoms with Crippen molar-refractivity contribution < 1.29 is 4.74 Å². The standard InChI is InChI=1S/C18H15N5O2S/c1-11-3-7-13(8-4-11)19-17-22-23-16(24)15(20-21-18(23)26-17)12-5-9-14(25-2)10-6-12/h3-10H,1-2H3,(H,19,22). The van der Waals surface area contributed by atoms with Crippen molar-refractivity contribution in [2.45, 2.75) is 6.92 Å². The molecule has 0 saturated carbocycles. The maximum atomic E-state index is 12.7. The van der Waals surface area contributed by atoms with E-state index in [1.54, 1.807) is 31.4 Å². The van der Waals surface area contributed by atoms with Crippen LogP contribution in [0.1, 0.15) is 5.56 Å². The lowest BCUT2D eigenvalue weighted by atomic mass is 10.1. The number of nitrogens with one attached hydrogen (secondary N) is 1. The van der Waals surface area contributed by atoms with Crippen LogP contribution < -0.4 is 15.6 Å². The number of methoxy groups -OCH3 is 1. The van der Waals surface area contributed by atoms with Crippen molar-refractivity contribution in [2.24, 2.45) is 0 Å². The van der Waals surface area contributed by atoms with Crippen LogP contribution in [0, 0.1) is 6.92 Å². The molecule has 1 N–H and O–H groups in total. The lowest BCUT2D eigenvalue weighted by Gasteiger charge is -2.02. The number of rotatable bonds is 4. The molecule has 0 saturated heterocycles. The quantitative estimate of drug-likeness (QED) is 0.598. The molecule has 26 heavy (non-hydrogen) atoms. The first-order valence-corrected chi connectivity index (χ1v) is 8.70. The second kappa shape index (κ2) is 6.57. The van der Waals surface area contributed by atoms with Gasteiger partial charge >= 0.3 is 5.56 Å². The Hall–Kier alpha value is -3.26. The molecule has 8 heteroatoms. The Kier molecular flexibility index (Phi) is 4.10. The number of hydrogen-bond acceptors (Lipinski definition) is 7. The van der Waals surface area contributed by atoms with E-state index in [-0.39, 0.29) is 11.3 Å². The van der Waals surface area contributed by atoms with Gasteiger partial charge in [-0.15, -0.1) is 15.3 Å². The number of hydrogen-bond donors (Lipinski definition) is 1. The highest BCUT2D eigenvalue weighted by Crippen LogP contribution is 2.23. The highest BCUT2D eigenvalue weighted by molar-refractivity contribution is 7.20. The largest absolute Gasteiger partial charge is 0.497 e. The number of anilines is 2. The van der Waals surface area contributed by atoms with Gasteiger partial charge in [0.05, 0.1) is 7.11 Å². The molecule has 4 rings (SSSR count). The van der Waals surface area contributed by atoms with Crippen LogP contribution in [0.3, 0.4) is 0 Å². The van der Waals surface area contributed by atoms with Gasteiger partial charge in [0.2, 0.25) is 10.1 Å². The lowest BCUT2D eigenvalue weighted by molar-refractivity contribution is 0.415. The summed E-state index contributed by atoms with van der Waals surface area (Å²) in [6, 6.07) is 15.0. The van der Waals surface area contributed by atoms with E-state index < -0.39 is 0 Å². The molecule has 2 heterocycles. The summed E-state index contributed by atoms with van der Waals surface area (Å²) in [7, 11) is 1.59. The smallest absolute Gasteiger partial charge is 0.302 e. The predicted octanol–water partition coefficient (Wildman–Crippen LogP) is 3.27. The number of ether oxygens (including phenoxy) is 1. The van der Waals surface area contributed by atoms with Crippen LogP contribution in [0.25, 0.3) is 16.2 Å². The highest BCUT2D eigenvalue weighted by Gasteiger charge is 2.13. The zero-order valence-corrected chi connectivity index (χ0v) is 14.9. The van der Waals surface area contributed by atoms with Gasteiger partial charge in [-0.3, -0.25) is 4.79 Å². The van der Waals surface area contributed by atoms with Crippen LogP contribution in [-0.4, -0.2) is 26.9 Å². The minimum atomic E-state index is -0.312. The van der Waals surface area contributed by atoms with Gasteiger partial charge in [-0.05, 0) is 43.3 Å². The van der Waals surface area contributed by atoms with Crippen molar-refractivity contribution in [3.63, 3.8) is 0 Å². The molecule has 130 valence electrons. The Balaban J connectivity index is 1.71. The zero-order valence-electron chi connectivity index (χ0n) is 14.1. The van der Waals surface area contributed by atoms with Gasteiger partial charge in [0.15, 0.2) is 5.69 Å². The minimum absolute atomic E-state index is 0.248. The summed E-state index contributed by atoms with van der Waals surface area (Å²) in [4.78, 5) is 13.2. The van der Waals surface area contributed by atoms with Crippen LogP contribution in [-0.2, 0) is 0 Å². The molecule has 7 nitrogen and oxygen atoms in total. The van der Waals surface area contributed by atoms with E-state index >= 15 is 0 Å². The number of aryl methyl sites for hydroxylation is 1. The SMILES string of the molecule is COc1ccc(-c2nnc3sc(Nc4ccc(C)cc4)nn3c2=O)cc1. The first-order valence-electron chi connectivity index (χ1n) is 7.89. The van der Waals surface area contributed by atoms with Crippen molar-refractivity contribution in [3.8, 4) is 17.0 Å². The van der Waals surface area contributed by atoms with Gasteiger partial charge in [0.1, 0.15) is 5.75 Å². The topological polar surface area (TPSA) is 81.4 Å². The molecule has 0 aliphatic rings. The van der Waals surface area contributed by atoms with Gasteiger partial charge in [0.25, 0.3) is 0 Å². The van der Waals surface area contributed by atoms with Crippen molar-refractivity contribution in [3.05, 3.63) is 64.4 Å². The Morgan fingerprint density at radius 2 is 1.77 bits per heavy atom. The third-order valence-electron chi connectivity index (χ3n) is 3.86. The van der Waals surface area contributed by atoms with E-state index in [4.69, 9.17) is 4.74 Å². The molecule has 0 aliphatic carbocycles. The Morgan fingerprint density at radius 3 is 2.46 bits per heavy atom. The molecule has 0 fully saturated rings. The van der Waals surface area contributed by atoms with Crippen molar-refractivity contribution >= 4 is 27.1 Å². The van der Waals surface area contributed by atoms with Gasteiger partial charge in [-0.2, -0.15) is 4.52 Å². The minimum Gasteiger partial charge on any atom is -0.497 e. The summed E-state index contributed by atoms with van der Waals surface area (Å²) in [5.74, 6) is 0.709. The van der Waals surface area contributed by atoms with E-state index in [2.05, 4.69) is 20.6 Å². The normalized spacial score (nSPS) is 10.8. The first-order chi connectivity index (χ1) is 12.6. The highest BCUT2D eigenvalue weighted by atomic mass is 32.1. The average Bonchev–Trinajstić information content (AvgIpc) is 3.08. The van der Waals surface area contributed by atoms with E-state index in [1.165, 1.54) is 21.4 Å². The maximum absolute atomic E-state index is 12.7. The van der Waals surface area contributed by atoms with Crippen LogP contribution in [0.4, 0.5) is 10.8 Å². The second-order valence-electron chi connectivity index (χ2n) is 5.67. The molecule has 0 unspecified atom stereocenters. The molecule has 0 aliphatic heterocycles. The molecule has 0 amide bonds. The molecule has 4 aromatic rings. The fourth-order valence-corrected chi connectivity index (χ4v) is 3.21. The Bertz CT molecular complexity index is 1120. The van der Waals surface area contributed by atoms with Crippen LogP contribution in [0.5, 0.6) is 5.75 Å². The Morgan fingerprint density at radius 1 is 1.04 bits per heavy atom. The van der Waals surface area contributed by atoms with Crippen LogP contribution in [0.2, 0.25) is 0 Å². The summed E-state index contributed by atoms with van der Waals surface area (Å²) in [6.45, 7) is 2.03. The second-order valence-corrected chi connectivity index (χ2v) is 6.63. The molecular weight excluding hydrogens is 350 g/mol. The van der Waals surface area contributed by atoms with Crippen molar-refractivity contribution in [1.82, 2.24) is 19.8 Å². The predicted molar refractivity (Wildman–Crippen MR) is 101 cm³/mol. The van der Waals surface area contributed by atoms with Gasteiger partial charge < -0.3 is 10.1 Å². The van der Waals surface area contributed by atoms with Crippen molar-refractivity contribution in [1.29, 1.82) is 0 Å². The Labute approximate surface area is 152 Å². The lowest BCUT2D eigenvalue weighted by Crippen LogP contribution is -2.19. The molecule has 0 atom stereocenters. The summed E-state index contributed by atoms with van der Waals surface area (Å²) in [5.41, 5.74) is 2.67. The maximum Gasteiger partial charge on any atom is 0.302 e. The summed E-state index contributed by atoms with van der Waals surface area (Å²) in [5, 5.41) is 16.3. The summed E-state index contributed by atoms with van der Waals surface area (Å²) in [6.07, 6.45) is 0. The van der Waals surface area contributed by atoms with E-state index in [9.17, 15) is 4.79 Å². The number of fused-ring (bicyclic) bond motifs is 1. The number of aromatic nitrogens is 4. The molecule has 0 bridgehead atoms. The van der Waals surface area contributed by atoms with E-state index in [0.29, 0.717) is 21.4 Å². The van der Waals surface area contributed by atoms with E-state index in [1.807, 2.05) is 31.2 Å². The van der Waals surface area contributed by atoms with Crippen LogP contribution >= 0.6 is 11.3 Å². The molecule has 2 aromatic heterocycles. The monoisotopic (exact) mass is 365 g/mol. The molecule has 0 radical (unpaired) electrons. The summed E-state index contributed by atoms with van der Waals surface area (Å²) >= 11 is 1.27. The van der Waals surface area contributed by atoms with Gasteiger partial charge in [0, 0.05) is 11.3 Å². The first kappa shape index (κ1) is 16.2. The number of nitrogens with zero attached hydrogens (tertiary/aromatic N) is 4. The molecular formula is C18H15N5O2S. The number of benzene rings is 2. The summed E-state index contributed by atoms with van der Waals surface area (Å²) < 4.78 is 6.41. The zero-order chi connectivity index (χ0) is 18.1.